The molecule has 0 saturated carbocycles. The fraction of sp³-hybridized carbons (Fsp3) is 0.300. The second kappa shape index (κ2) is 8.44. The van der Waals surface area contributed by atoms with Gasteiger partial charge in [-0.15, -0.1) is 0 Å². The Bertz CT molecular complexity index is 781. The Labute approximate surface area is 147 Å². The minimum Gasteiger partial charge on any atom is -0.364 e. The minimum absolute atomic E-state index is 0.0828. The van der Waals surface area contributed by atoms with E-state index in [0.29, 0.717) is 13.2 Å². The van der Waals surface area contributed by atoms with Crippen LogP contribution in [0.15, 0.2) is 54.6 Å². The molecule has 1 aromatic heterocycles. The predicted octanol–water partition coefficient (Wildman–Crippen LogP) is 3.22. The molecule has 25 heavy (non-hydrogen) atoms. The Hall–Kier alpha value is -2.66. The number of amides is 1. The Balaban J connectivity index is 1.37. The minimum atomic E-state index is -0.466. The van der Waals surface area contributed by atoms with Gasteiger partial charge in [-0.05, 0) is 31.0 Å². The molecule has 3 aromatic rings. The zero-order valence-electron chi connectivity index (χ0n) is 14.4. The van der Waals surface area contributed by atoms with Crippen LogP contribution in [-0.4, -0.2) is 28.5 Å². The van der Waals surface area contributed by atoms with Crippen molar-refractivity contribution in [3.8, 4) is 0 Å². The molecule has 0 aliphatic rings. The molecule has 5 nitrogen and oxygen atoms in total. The van der Waals surface area contributed by atoms with Crippen LogP contribution in [0.4, 0.5) is 0 Å². The van der Waals surface area contributed by atoms with Crippen molar-refractivity contribution in [1.29, 1.82) is 0 Å². The lowest BCUT2D eigenvalue weighted by atomic mass is 10.2. The van der Waals surface area contributed by atoms with E-state index in [1.165, 1.54) is 0 Å². The number of benzene rings is 2. The van der Waals surface area contributed by atoms with Gasteiger partial charge >= 0.3 is 0 Å². The van der Waals surface area contributed by atoms with Crippen molar-refractivity contribution in [3.05, 3.63) is 66.0 Å². The maximum Gasteiger partial charge on any atom is 0.248 e. The second-order valence-electron chi connectivity index (χ2n) is 6.03. The molecule has 3 rings (SSSR count). The first-order valence-corrected chi connectivity index (χ1v) is 8.59. The lowest BCUT2D eigenvalue weighted by Crippen LogP contribution is -2.35. The third-order valence-corrected chi connectivity index (χ3v) is 4.04. The molecule has 130 valence electrons. The van der Waals surface area contributed by atoms with Crippen LogP contribution in [0.2, 0.25) is 0 Å². The molecule has 2 N–H and O–H groups in total. The van der Waals surface area contributed by atoms with Crippen molar-refractivity contribution < 1.29 is 9.53 Å². The molecule has 5 heteroatoms. The van der Waals surface area contributed by atoms with Crippen LogP contribution in [0.5, 0.6) is 0 Å². The number of carbonyl (C=O) groups is 1. The molecule has 0 aliphatic carbocycles. The summed E-state index contributed by atoms with van der Waals surface area (Å²) in [5.41, 5.74) is 3.08. The van der Waals surface area contributed by atoms with E-state index < -0.39 is 6.10 Å². The van der Waals surface area contributed by atoms with E-state index in [0.717, 1.165) is 35.3 Å². The first kappa shape index (κ1) is 17.2. The molecule has 1 amide bonds. The van der Waals surface area contributed by atoms with Crippen molar-refractivity contribution in [1.82, 2.24) is 15.3 Å². The molecule has 1 unspecified atom stereocenters. The van der Waals surface area contributed by atoms with Crippen LogP contribution in [0, 0.1) is 0 Å². The second-order valence-corrected chi connectivity index (χ2v) is 6.03. The summed E-state index contributed by atoms with van der Waals surface area (Å²) in [6, 6.07) is 17.8. The zero-order valence-corrected chi connectivity index (χ0v) is 14.4. The number of hydrogen-bond acceptors (Lipinski definition) is 3. The fourth-order valence-electron chi connectivity index (χ4n) is 2.61. The third-order valence-electron chi connectivity index (χ3n) is 4.04. The van der Waals surface area contributed by atoms with E-state index >= 15 is 0 Å². The molecule has 0 fully saturated rings. The van der Waals surface area contributed by atoms with E-state index in [1.807, 2.05) is 54.6 Å². The van der Waals surface area contributed by atoms with Crippen LogP contribution in [0.25, 0.3) is 11.0 Å². The predicted molar refractivity (Wildman–Crippen MR) is 98.1 cm³/mol. The van der Waals surface area contributed by atoms with Gasteiger partial charge in [0.1, 0.15) is 11.9 Å². The SMILES string of the molecule is CC(OCc1ccccc1)C(=O)NCCCc1nc2ccccc2[nH]1. The first-order valence-electron chi connectivity index (χ1n) is 8.59. The lowest BCUT2D eigenvalue weighted by molar-refractivity contribution is -0.132. The van der Waals surface area contributed by atoms with Gasteiger partial charge in [0.2, 0.25) is 5.91 Å². The molecule has 0 spiro atoms. The van der Waals surface area contributed by atoms with Crippen LogP contribution in [-0.2, 0) is 22.6 Å². The summed E-state index contributed by atoms with van der Waals surface area (Å²) in [6.45, 7) is 2.82. The highest BCUT2D eigenvalue weighted by Gasteiger charge is 2.12. The number of para-hydroxylation sites is 2. The molecule has 0 radical (unpaired) electrons. The summed E-state index contributed by atoms with van der Waals surface area (Å²) in [4.78, 5) is 19.9. The molecule has 0 saturated heterocycles. The summed E-state index contributed by atoms with van der Waals surface area (Å²) in [5, 5.41) is 2.92. The van der Waals surface area contributed by atoms with Crippen LogP contribution < -0.4 is 5.32 Å². The fourth-order valence-corrected chi connectivity index (χ4v) is 2.61. The van der Waals surface area contributed by atoms with E-state index in [-0.39, 0.29) is 5.91 Å². The van der Waals surface area contributed by atoms with Crippen LogP contribution >= 0.6 is 0 Å². The number of hydrogen-bond donors (Lipinski definition) is 2. The van der Waals surface area contributed by atoms with Gasteiger partial charge in [-0.3, -0.25) is 4.79 Å². The highest BCUT2D eigenvalue weighted by atomic mass is 16.5. The van der Waals surface area contributed by atoms with Crippen molar-refractivity contribution >= 4 is 16.9 Å². The zero-order chi connectivity index (χ0) is 17.5. The standard InChI is InChI=1S/C20H23N3O2/c1-15(25-14-16-8-3-2-4-9-16)20(24)21-13-7-12-19-22-17-10-5-6-11-18(17)23-19/h2-6,8-11,15H,7,12-14H2,1H3,(H,21,24)(H,22,23). The molecule has 1 heterocycles. The van der Waals surface area contributed by atoms with E-state index in [1.54, 1.807) is 6.92 Å². The maximum absolute atomic E-state index is 12.1. The van der Waals surface area contributed by atoms with Gasteiger partial charge in [-0.1, -0.05) is 42.5 Å². The number of aromatic nitrogens is 2. The first-order chi connectivity index (χ1) is 12.2. The number of nitrogens with one attached hydrogen (secondary N) is 2. The normalized spacial score (nSPS) is 12.2. The number of nitrogens with zero attached hydrogens (tertiary/aromatic N) is 1. The number of ether oxygens (including phenoxy) is 1. The topological polar surface area (TPSA) is 67.0 Å². The molecule has 1 atom stereocenters. The monoisotopic (exact) mass is 337 g/mol. The number of rotatable bonds is 8. The van der Waals surface area contributed by atoms with Crippen molar-refractivity contribution in [3.63, 3.8) is 0 Å². The van der Waals surface area contributed by atoms with Gasteiger partial charge in [0.05, 0.1) is 17.6 Å². The van der Waals surface area contributed by atoms with E-state index in [9.17, 15) is 4.79 Å². The maximum atomic E-state index is 12.1. The number of carbonyl (C=O) groups excluding carboxylic acids is 1. The van der Waals surface area contributed by atoms with Crippen LogP contribution in [0.1, 0.15) is 24.7 Å². The Morgan fingerprint density at radius 3 is 2.72 bits per heavy atom. The smallest absolute Gasteiger partial charge is 0.248 e. The summed E-state index contributed by atoms with van der Waals surface area (Å²) in [7, 11) is 0. The van der Waals surface area contributed by atoms with Gasteiger partial charge < -0.3 is 15.0 Å². The molecule has 0 aliphatic heterocycles. The molecular formula is C20H23N3O2. The average Bonchev–Trinajstić information content (AvgIpc) is 3.06. The molecule has 0 bridgehead atoms. The van der Waals surface area contributed by atoms with E-state index in [2.05, 4.69) is 15.3 Å². The number of aryl methyl sites for hydroxylation is 1. The number of aromatic amines is 1. The van der Waals surface area contributed by atoms with E-state index in [4.69, 9.17) is 4.74 Å². The Morgan fingerprint density at radius 2 is 1.92 bits per heavy atom. The Kier molecular flexibility index (Phi) is 5.80. The van der Waals surface area contributed by atoms with Gasteiger partial charge in [0.15, 0.2) is 0 Å². The van der Waals surface area contributed by atoms with Crippen molar-refractivity contribution in [2.24, 2.45) is 0 Å². The number of imidazole rings is 1. The third kappa shape index (κ3) is 4.90. The highest BCUT2D eigenvalue weighted by molar-refractivity contribution is 5.80. The highest BCUT2D eigenvalue weighted by Crippen LogP contribution is 2.11. The quantitative estimate of drug-likeness (QED) is 0.620. The van der Waals surface area contributed by atoms with Gasteiger partial charge in [-0.25, -0.2) is 4.98 Å². The lowest BCUT2D eigenvalue weighted by Gasteiger charge is -2.13. The average molecular weight is 337 g/mol. The summed E-state index contributed by atoms with van der Waals surface area (Å²) < 4.78 is 5.61. The summed E-state index contributed by atoms with van der Waals surface area (Å²) in [5.74, 6) is 0.865. The number of H-pyrrole nitrogens is 1. The number of fused-ring (bicyclic) bond motifs is 1. The largest absolute Gasteiger partial charge is 0.364 e. The summed E-state index contributed by atoms with van der Waals surface area (Å²) >= 11 is 0. The molecular weight excluding hydrogens is 314 g/mol. The van der Waals surface area contributed by atoms with Gasteiger partial charge in [0, 0.05) is 13.0 Å². The molecule has 2 aromatic carbocycles. The van der Waals surface area contributed by atoms with Crippen LogP contribution in [0.3, 0.4) is 0 Å². The Morgan fingerprint density at radius 1 is 1.16 bits per heavy atom. The van der Waals surface area contributed by atoms with Crippen molar-refractivity contribution in [2.75, 3.05) is 6.54 Å². The summed E-state index contributed by atoms with van der Waals surface area (Å²) in [6.07, 6.45) is 1.16. The van der Waals surface area contributed by atoms with Gasteiger partial charge in [0.25, 0.3) is 0 Å². The van der Waals surface area contributed by atoms with Crippen molar-refractivity contribution in [2.45, 2.75) is 32.5 Å². The van der Waals surface area contributed by atoms with Gasteiger partial charge in [-0.2, -0.15) is 0 Å².